The Bertz CT molecular complexity index is 529. The van der Waals surface area contributed by atoms with Crippen molar-refractivity contribution in [2.45, 2.75) is 13.1 Å². The molecule has 0 unspecified atom stereocenters. The number of halogens is 3. The first kappa shape index (κ1) is 15.8. The van der Waals surface area contributed by atoms with E-state index < -0.39 is 30.3 Å². The Balaban J connectivity index is 2.89. The number of aryl methyl sites for hydroxylation is 1. The quantitative estimate of drug-likeness (QED) is 0.898. The summed E-state index contributed by atoms with van der Waals surface area (Å²) in [5, 5.41) is 10.7. The van der Waals surface area contributed by atoms with Crippen LogP contribution in [0.3, 0.4) is 0 Å². The van der Waals surface area contributed by atoms with Crippen molar-refractivity contribution in [1.82, 2.24) is 4.90 Å². The molecule has 8 heteroatoms. The van der Waals surface area contributed by atoms with E-state index in [1.807, 2.05) is 0 Å². The minimum Gasteiger partial charge on any atom is -0.480 e. The largest absolute Gasteiger partial charge is 0.480 e. The van der Waals surface area contributed by atoms with Crippen molar-refractivity contribution in [2.24, 2.45) is 0 Å². The van der Waals surface area contributed by atoms with Crippen LogP contribution in [-0.2, 0) is 11.0 Å². The molecule has 1 aromatic carbocycles. The van der Waals surface area contributed by atoms with Gasteiger partial charge in [-0.25, -0.2) is 4.79 Å². The molecular weight excluding hydrogens is 277 g/mol. The summed E-state index contributed by atoms with van der Waals surface area (Å²) in [6.45, 7) is 0.759. The number of carbonyl (C=O) groups excluding carboxylic acids is 1. The second-order valence-electron chi connectivity index (χ2n) is 4.21. The van der Waals surface area contributed by atoms with Crippen LogP contribution in [-0.4, -0.2) is 35.6 Å². The maximum atomic E-state index is 12.7. The number of likely N-dealkylation sites (N-methyl/N-ethyl adjacent to an activating group) is 1. The van der Waals surface area contributed by atoms with Crippen molar-refractivity contribution < 1.29 is 27.9 Å². The van der Waals surface area contributed by atoms with Gasteiger partial charge in [0.2, 0.25) is 0 Å². The van der Waals surface area contributed by atoms with Crippen LogP contribution in [0.25, 0.3) is 0 Å². The number of hydrogen-bond donors (Lipinski definition) is 2. The number of carboxylic acids is 1. The predicted molar refractivity (Wildman–Crippen MR) is 65.5 cm³/mol. The Morgan fingerprint density at radius 2 is 1.95 bits per heavy atom. The highest BCUT2D eigenvalue weighted by Crippen LogP contribution is 2.33. The third kappa shape index (κ3) is 4.15. The fourth-order valence-corrected chi connectivity index (χ4v) is 1.50. The summed E-state index contributed by atoms with van der Waals surface area (Å²) in [5.41, 5.74) is -0.865. The van der Waals surface area contributed by atoms with Crippen molar-refractivity contribution in [3.8, 4) is 0 Å². The lowest BCUT2D eigenvalue weighted by Gasteiger charge is -2.17. The molecule has 0 heterocycles. The molecule has 0 spiro atoms. The standard InChI is InChI=1S/C12H13F3N2O3/c1-7-3-4-8(5-9(7)12(13,14)15)16-11(20)17(2)6-10(18)19/h3-5H,6H2,1-2H3,(H,16,20)(H,18,19). The smallest absolute Gasteiger partial charge is 0.416 e. The number of anilines is 1. The van der Waals surface area contributed by atoms with Crippen molar-refractivity contribution in [2.75, 3.05) is 18.9 Å². The second-order valence-corrected chi connectivity index (χ2v) is 4.21. The summed E-state index contributed by atoms with van der Waals surface area (Å²) >= 11 is 0. The van der Waals surface area contributed by atoms with Gasteiger partial charge in [-0.15, -0.1) is 0 Å². The van der Waals surface area contributed by atoms with Gasteiger partial charge in [-0.1, -0.05) is 6.07 Å². The first-order valence-corrected chi connectivity index (χ1v) is 5.53. The van der Waals surface area contributed by atoms with E-state index in [9.17, 15) is 22.8 Å². The number of rotatable bonds is 3. The number of urea groups is 1. The van der Waals surface area contributed by atoms with Crippen LogP contribution in [0.2, 0.25) is 0 Å². The van der Waals surface area contributed by atoms with Crippen LogP contribution in [0.4, 0.5) is 23.7 Å². The van der Waals surface area contributed by atoms with E-state index in [4.69, 9.17) is 5.11 Å². The fourth-order valence-electron chi connectivity index (χ4n) is 1.50. The second kappa shape index (κ2) is 5.81. The SMILES string of the molecule is Cc1ccc(NC(=O)N(C)CC(=O)O)cc1C(F)(F)F. The maximum absolute atomic E-state index is 12.7. The first-order valence-electron chi connectivity index (χ1n) is 5.53. The lowest BCUT2D eigenvalue weighted by Crippen LogP contribution is -2.35. The molecule has 0 atom stereocenters. The van der Waals surface area contributed by atoms with Gasteiger partial charge in [-0.2, -0.15) is 13.2 Å². The number of alkyl halides is 3. The monoisotopic (exact) mass is 290 g/mol. The number of aliphatic carboxylic acids is 1. The molecule has 1 aromatic rings. The summed E-state index contributed by atoms with van der Waals surface area (Å²) in [7, 11) is 1.22. The van der Waals surface area contributed by atoms with Crippen LogP contribution in [0.5, 0.6) is 0 Å². The van der Waals surface area contributed by atoms with Crippen molar-refractivity contribution >= 4 is 17.7 Å². The summed E-state index contributed by atoms with van der Waals surface area (Å²) in [6.07, 6.45) is -4.52. The fraction of sp³-hybridized carbons (Fsp3) is 0.333. The molecule has 0 saturated carbocycles. The van der Waals surface area contributed by atoms with E-state index in [2.05, 4.69) is 5.32 Å². The van der Waals surface area contributed by atoms with Crippen LogP contribution in [0, 0.1) is 6.92 Å². The Labute approximate surface area is 113 Å². The summed E-state index contributed by atoms with van der Waals surface area (Å²) in [4.78, 5) is 22.8. The van der Waals surface area contributed by atoms with Gasteiger partial charge < -0.3 is 15.3 Å². The normalized spacial score (nSPS) is 11.1. The third-order valence-corrected chi connectivity index (χ3v) is 2.51. The topological polar surface area (TPSA) is 69.6 Å². The molecule has 0 bridgehead atoms. The van der Waals surface area contributed by atoms with Crippen molar-refractivity contribution in [3.05, 3.63) is 29.3 Å². The Morgan fingerprint density at radius 1 is 1.35 bits per heavy atom. The maximum Gasteiger partial charge on any atom is 0.416 e. The van der Waals surface area contributed by atoms with Gasteiger partial charge in [0.05, 0.1) is 5.56 Å². The van der Waals surface area contributed by atoms with Gasteiger partial charge in [-0.05, 0) is 24.6 Å². The van der Waals surface area contributed by atoms with Gasteiger partial charge >= 0.3 is 18.2 Å². The summed E-state index contributed by atoms with van der Waals surface area (Å²) in [5.74, 6) is -1.22. The van der Waals surface area contributed by atoms with E-state index in [1.54, 1.807) is 0 Å². The minimum atomic E-state index is -4.52. The van der Waals surface area contributed by atoms with E-state index in [1.165, 1.54) is 26.1 Å². The van der Waals surface area contributed by atoms with Crippen molar-refractivity contribution in [1.29, 1.82) is 0 Å². The Hall–Kier alpha value is -2.25. The van der Waals surface area contributed by atoms with Crippen LogP contribution in [0.1, 0.15) is 11.1 Å². The predicted octanol–water partition coefficient (Wildman–Crippen LogP) is 2.56. The zero-order valence-electron chi connectivity index (χ0n) is 10.8. The van der Waals surface area contributed by atoms with Crippen LogP contribution < -0.4 is 5.32 Å². The molecular formula is C12H13F3N2O3. The van der Waals surface area contributed by atoms with Gasteiger partial charge in [0.25, 0.3) is 0 Å². The molecule has 20 heavy (non-hydrogen) atoms. The molecule has 1 rings (SSSR count). The summed E-state index contributed by atoms with van der Waals surface area (Å²) in [6, 6.07) is 2.55. The zero-order valence-corrected chi connectivity index (χ0v) is 10.8. The Morgan fingerprint density at radius 3 is 2.45 bits per heavy atom. The Kier molecular flexibility index (Phi) is 4.59. The average molecular weight is 290 g/mol. The highest BCUT2D eigenvalue weighted by Gasteiger charge is 2.32. The number of carbonyl (C=O) groups is 2. The molecule has 0 radical (unpaired) electrons. The lowest BCUT2D eigenvalue weighted by atomic mass is 10.1. The van der Waals surface area contributed by atoms with Crippen molar-refractivity contribution in [3.63, 3.8) is 0 Å². The number of nitrogens with one attached hydrogen (secondary N) is 1. The molecule has 0 aliphatic heterocycles. The molecule has 2 N–H and O–H groups in total. The van der Waals surface area contributed by atoms with E-state index in [0.717, 1.165) is 11.0 Å². The highest BCUT2D eigenvalue weighted by molar-refractivity contribution is 5.91. The number of carboxylic acid groups (broad SMARTS) is 1. The summed E-state index contributed by atoms with van der Waals surface area (Å²) < 4.78 is 38.1. The number of hydrogen-bond acceptors (Lipinski definition) is 2. The molecule has 0 aliphatic rings. The van der Waals surface area contributed by atoms with E-state index in [0.29, 0.717) is 0 Å². The van der Waals surface area contributed by atoms with E-state index >= 15 is 0 Å². The highest BCUT2D eigenvalue weighted by atomic mass is 19.4. The third-order valence-electron chi connectivity index (χ3n) is 2.51. The number of amides is 2. The van der Waals surface area contributed by atoms with Gasteiger partial charge in [0.1, 0.15) is 6.54 Å². The zero-order chi connectivity index (χ0) is 15.5. The van der Waals surface area contributed by atoms with Gasteiger partial charge in [0.15, 0.2) is 0 Å². The molecule has 5 nitrogen and oxygen atoms in total. The van der Waals surface area contributed by atoms with Gasteiger partial charge in [-0.3, -0.25) is 4.79 Å². The first-order chi connectivity index (χ1) is 9.11. The molecule has 0 aromatic heterocycles. The van der Waals surface area contributed by atoms with Crippen LogP contribution >= 0.6 is 0 Å². The molecule has 0 saturated heterocycles. The van der Waals surface area contributed by atoms with E-state index in [-0.39, 0.29) is 11.3 Å². The minimum absolute atomic E-state index is 0.0365. The van der Waals surface area contributed by atoms with Crippen LogP contribution in [0.15, 0.2) is 18.2 Å². The average Bonchev–Trinajstić information content (AvgIpc) is 2.29. The molecule has 2 amide bonds. The number of benzene rings is 1. The van der Waals surface area contributed by atoms with Gasteiger partial charge in [0, 0.05) is 12.7 Å². The molecule has 0 fully saturated rings. The lowest BCUT2D eigenvalue weighted by molar-refractivity contribution is -0.138. The number of nitrogens with zero attached hydrogens (tertiary/aromatic N) is 1. The molecule has 0 aliphatic carbocycles. The molecule has 110 valence electrons.